The summed E-state index contributed by atoms with van der Waals surface area (Å²) in [5.41, 5.74) is 0. The molecule has 1 aromatic rings. The zero-order valence-corrected chi connectivity index (χ0v) is 7.93. The Labute approximate surface area is 85.0 Å². The number of aliphatic hydroxyl groups excluding tert-OH is 1. The van der Waals surface area contributed by atoms with Crippen LogP contribution in [0.5, 0.6) is 0 Å². The number of pyridine rings is 1. The Kier molecular flexibility index (Phi) is 4.36. The largest absolute Gasteiger partial charge is 0.396 e. The zero-order chi connectivity index (χ0) is 11.3. The molecule has 0 fully saturated rings. The van der Waals surface area contributed by atoms with Crippen molar-refractivity contribution in [3.63, 3.8) is 0 Å². The Morgan fingerprint density at radius 3 is 2.60 bits per heavy atom. The van der Waals surface area contributed by atoms with E-state index in [0.29, 0.717) is 25.5 Å². The normalized spacial score (nSPS) is 10.4. The first-order valence-corrected chi connectivity index (χ1v) is 4.51. The molecule has 6 heteroatoms. The van der Waals surface area contributed by atoms with Gasteiger partial charge in [-0.1, -0.05) is 0 Å². The minimum atomic E-state index is -1.33. The SMILES string of the molecule is OCCCCNc1nc(F)c(F)cc1F. The average Bonchev–Trinajstić information content (AvgIpc) is 2.20. The second-order valence-electron chi connectivity index (χ2n) is 2.95. The van der Waals surface area contributed by atoms with Gasteiger partial charge in [0.2, 0.25) is 0 Å². The summed E-state index contributed by atoms with van der Waals surface area (Å²) in [4.78, 5) is 3.08. The molecule has 15 heavy (non-hydrogen) atoms. The fourth-order valence-electron chi connectivity index (χ4n) is 1.01. The molecule has 0 aliphatic rings. The highest BCUT2D eigenvalue weighted by Gasteiger charge is 2.10. The quantitative estimate of drug-likeness (QED) is 0.586. The third kappa shape index (κ3) is 3.39. The highest BCUT2D eigenvalue weighted by Crippen LogP contribution is 2.14. The first-order valence-electron chi connectivity index (χ1n) is 4.51. The summed E-state index contributed by atoms with van der Waals surface area (Å²) in [7, 11) is 0. The Balaban J connectivity index is 2.57. The lowest BCUT2D eigenvalue weighted by molar-refractivity contribution is 0.286. The maximum atomic E-state index is 13.0. The highest BCUT2D eigenvalue weighted by atomic mass is 19.2. The summed E-state index contributed by atoms with van der Waals surface area (Å²) >= 11 is 0. The molecular weight excluding hydrogens is 209 g/mol. The summed E-state index contributed by atoms with van der Waals surface area (Å²) < 4.78 is 38.0. The number of rotatable bonds is 5. The van der Waals surface area contributed by atoms with E-state index in [1.807, 2.05) is 0 Å². The van der Waals surface area contributed by atoms with Crippen molar-refractivity contribution < 1.29 is 18.3 Å². The van der Waals surface area contributed by atoms with E-state index in [4.69, 9.17) is 5.11 Å². The number of halogens is 3. The number of hydrogen-bond donors (Lipinski definition) is 2. The number of nitrogens with one attached hydrogen (secondary N) is 1. The second-order valence-corrected chi connectivity index (χ2v) is 2.95. The van der Waals surface area contributed by atoms with Crippen LogP contribution in [0.3, 0.4) is 0 Å². The molecule has 84 valence electrons. The Morgan fingerprint density at radius 2 is 1.93 bits per heavy atom. The van der Waals surface area contributed by atoms with Gasteiger partial charge < -0.3 is 10.4 Å². The summed E-state index contributed by atoms with van der Waals surface area (Å²) in [6.45, 7) is 0.380. The van der Waals surface area contributed by atoms with Gasteiger partial charge in [-0.25, -0.2) is 8.78 Å². The minimum Gasteiger partial charge on any atom is -0.396 e. The molecule has 0 aliphatic heterocycles. The predicted molar refractivity (Wildman–Crippen MR) is 48.9 cm³/mol. The van der Waals surface area contributed by atoms with E-state index in [2.05, 4.69) is 10.3 Å². The molecule has 1 rings (SSSR count). The summed E-state index contributed by atoms with van der Waals surface area (Å²) in [6.07, 6.45) is 1.15. The van der Waals surface area contributed by atoms with E-state index < -0.39 is 17.6 Å². The van der Waals surface area contributed by atoms with Gasteiger partial charge >= 0.3 is 0 Å². The molecule has 0 amide bonds. The van der Waals surface area contributed by atoms with Gasteiger partial charge in [0.1, 0.15) is 0 Å². The lowest BCUT2D eigenvalue weighted by atomic mass is 10.3. The fourth-order valence-corrected chi connectivity index (χ4v) is 1.01. The van der Waals surface area contributed by atoms with Crippen LogP contribution in [0.15, 0.2) is 6.07 Å². The first kappa shape index (κ1) is 11.8. The number of aliphatic hydroxyl groups is 1. The first-order chi connectivity index (χ1) is 7.15. The number of unbranched alkanes of at least 4 members (excludes halogenated alkanes) is 1. The van der Waals surface area contributed by atoms with Crippen LogP contribution in [-0.4, -0.2) is 23.2 Å². The molecular formula is C9H11F3N2O. The maximum absolute atomic E-state index is 13.0. The van der Waals surface area contributed by atoms with Gasteiger partial charge in [0.15, 0.2) is 17.5 Å². The Bertz CT molecular complexity index is 333. The van der Waals surface area contributed by atoms with Crippen LogP contribution in [-0.2, 0) is 0 Å². The summed E-state index contributed by atoms with van der Waals surface area (Å²) in [5, 5.41) is 11.0. The van der Waals surface area contributed by atoms with Crippen molar-refractivity contribution in [1.82, 2.24) is 4.98 Å². The molecule has 0 radical (unpaired) electrons. The van der Waals surface area contributed by atoms with Crippen LogP contribution in [0.4, 0.5) is 19.0 Å². The highest BCUT2D eigenvalue weighted by molar-refractivity contribution is 5.35. The van der Waals surface area contributed by atoms with Crippen molar-refractivity contribution in [3.05, 3.63) is 23.6 Å². The Hall–Kier alpha value is -1.30. The van der Waals surface area contributed by atoms with Crippen LogP contribution in [0.1, 0.15) is 12.8 Å². The molecule has 0 unspecified atom stereocenters. The molecule has 0 aromatic carbocycles. The van der Waals surface area contributed by atoms with Crippen molar-refractivity contribution in [2.75, 3.05) is 18.5 Å². The molecule has 2 N–H and O–H groups in total. The molecule has 0 atom stereocenters. The van der Waals surface area contributed by atoms with Gasteiger partial charge in [0.05, 0.1) is 0 Å². The molecule has 0 saturated carbocycles. The average molecular weight is 220 g/mol. The third-order valence-corrected chi connectivity index (χ3v) is 1.76. The topological polar surface area (TPSA) is 45.1 Å². The number of hydrogen-bond acceptors (Lipinski definition) is 3. The number of aromatic nitrogens is 1. The van der Waals surface area contributed by atoms with Crippen LogP contribution in [0.25, 0.3) is 0 Å². The third-order valence-electron chi connectivity index (χ3n) is 1.76. The smallest absolute Gasteiger partial charge is 0.251 e. The zero-order valence-electron chi connectivity index (χ0n) is 7.93. The molecule has 0 saturated heterocycles. The number of nitrogens with zero attached hydrogens (tertiary/aromatic N) is 1. The van der Waals surface area contributed by atoms with Crippen LogP contribution in [0, 0.1) is 17.6 Å². The Morgan fingerprint density at radius 1 is 1.20 bits per heavy atom. The summed E-state index contributed by atoms with van der Waals surface area (Å²) in [5.74, 6) is -3.89. The molecule has 0 spiro atoms. The summed E-state index contributed by atoms with van der Waals surface area (Å²) in [6, 6.07) is 0.441. The van der Waals surface area contributed by atoms with E-state index in [1.54, 1.807) is 0 Å². The second kappa shape index (κ2) is 5.55. The lowest BCUT2D eigenvalue weighted by Crippen LogP contribution is -2.08. The molecule has 1 aromatic heterocycles. The van der Waals surface area contributed by atoms with Gasteiger partial charge in [0.25, 0.3) is 5.95 Å². The van der Waals surface area contributed by atoms with Crippen molar-refractivity contribution >= 4 is 5.82 Å². The van der Waals surface area contributed by atoms with E-state index in [0.717, 1.165) is 0 Å². The van der Waals surface area contributed by atoms with Gasteiger partial charge in [-0.3, -0.25) is 0 Å². The van der Waals surface area contributed by atoms with Crippen molar-refractivity contribution in [3.8, 4) is 0 Å². The van der Waals surface area contributed by atoms with Crippen molar-refractivity contribution in [2.45, 2.75) is 12.8 Å². The predicted octanol–water partition coefficient (Wildman–Crippen LogP) is 1.68. The molecule has 0 aliphatic carbocycles. The number of anilines is 1. The van der Waals surface area contributed by atoms with E-state index in [1.165, 1.54) is 0 Å². The van der Waals surface area contributed by atoms with Gasteiger partial charge in [-0.15, -0.1) is 0 Å². The van der Waals surface area contributed by atoms with Crippen LogP contribution in [0.2, 0.25) is 0 Å². The van der Waals surface area contributed by atoms with Crippen LogP contribution < -0.4 is 5.32 Å². The lowest BCUT2D eigenvalue weighted by Gasteiger charge is -2.06. The molecule has 1 heterocycles. The van der Waals surface area contributed by atoms with Gasteiger partial charge in [-0.2, -0.15) is 9.37 Å². The fraction of sp³-hybridized carbons (Fsp3) is 0.444. The van der Waals surface area contributed by atoms with Crippen LogP contribution >= 0.6 is 0 Å². The van der Waals surface area contributed by atoms with E-state index in [-0.39, 0.29) is 12.4 Å². The minimum absolute atomic E-state index is 0.0371. The van der Waals surface area contributed by atoms with Crippen molar-refractivity contribution in [1.29, 1.82) is 0 Å². The molecule has 3 nitrogen and oxygen atoms in total. The standard InChI is InChI=1S/C9H11F3N2O/c10-6-5-7(11)9(14-8(6)12)13-3-1-2-4-15/h5,15H,1-4H2,(H,13,14). The molecule has 0 bridgehead atoms. The van der Waals surface area contributed by atoms with Gasteiger partial charge in [0, 0.05) is 19.2 Å². The monoisotopic (exact) mass is 220 g/mol. The van der Waals surface area contributed by atoms with Crippen molar-refractivity contribution in [2.24, 2.45) is 0 Å². The van der Waals surface area contributed by atoms with E-state index >= 15 is 0 Å². The van der Waals surface area contributed by atoms with Gasteiger partial charge in [-0.05, 0) is 12.8 Å². The van der Waals surface area contributed by atoms with E-state index in [9.17, 15) is 13.2 Å². The maximum Gasteiger partial charge on any atom is 0.251 e.